The zero-order valence-electron chi connectivity index (χ0n) is 7.33. The molecule has 3 heteroatoms. The SMILES string of the molecule is CNC(CC(C)=O)c1cccs1. The zero-order chi connectivity index (χ0) is 8.97. The van der Waals surface area contributed by atoms with Gasteiger partial charge in [0.25, 0.3) is 0 Å². The van der Waals surface area contributed by atoms with E-state index >= 15 is 0 Å². The molecule has 66 valence electrons. The Labute approximate surface area is 76.6 Å². The summed E-state index contributed by atoms with van der Waals surface area (Å²) in [5.41, 5.74) is 0. The molecule has 0 amide bonds. The van der Waals surface area contributed by atoms with Crippen molar-refractivity contribution in [1.29, 1.82) is 0 Å². The molecule has 1 unspecified atom stereocenters. The van der Waals surface area contributed by atoms with Crippen molar-refractivity contribution in [3.05, 3.63) is 22.4 Å². The quantitative estimate of drug-likeness (QED) is 0.773. The van der Waals surface area contributed by atoms with Crippen molar-refractivity contribution in [3.63, 3.8) is 0 Å². The van der Waals surface area contributed by atoms with Gasteiger partial charge < -0.3 is 5.32 Å². The molecule has 0 fully saturated rings. The van der Waals surface area contributed by atoms with Crippen molar-refractivity contribution in [2.24, 2.45) is 0 Å². The van der Waals surface area contributed by atoms with Crippen LogP contribution in [0.2, 0.25) is 0 Å². The van der Waals surface area contributed by atoms with Gasteiger partial charge >= 0.3 is 0 Å². The minimum Gasteiger partial charge on any atom is -0.312 e. The highest BCUT2D eigenvalue weighted by molar-refractivity contribution is 7.10. The van der Waals surface area contributed by atoms with Gasteiger partial charge in [-0.3, -0.25) is 4.79 Å². The van der Waals surface area contributed by atoms with Gasteiger partial charge in [0.1, 0.15) is 5.78 Å². The average Bonchev–Trinajstić information content (AvgIpc) is 2.51. The molecule has 1 N–H and O–H groups in total. The molecule has 1 aromatic heterocycles. The van der Waals surface area contributed by atoms with E-state index in [2.05, 4.69) is 11.4 Å². The Morgan fingerprint density at radius 2 is 2.50 bits per heavy atom. The summed E-state index contributed by atoms with van der Waals surface area (Å²) in [5, 5.41) is 5.15. The molecule has 0 aromatic carbocycles. The molecule has 1 rings (SSSR count). The lowest BCUT2D eigenvalue weighted by atomic mass is 10.1. The van der Waals surface area contributed by atoms with E-state index in [1.165, 1.54) is 4.88 Å². The summed E-state index contributed by atoms with van der Waals surface area (Å²) < 4.78 is 0. The van der Waals surface area contributed by atoms with Crippen LogP contribution < -0.4 is 5.32 Å². The number of thiophene rings is 1. The third kappa shape index (κ3) is 2.43. The van der Waals surface area contributed by atoms with Crippen molar-refractivity contribution < 1.29 is 4.79 Å². The lowest BCUT2D eigenvalue weighted by molar-refractivity contribution is -0.117. The van der Waals surface area contributed by atoms with Gasteiger partial charge in [0.2, 0.25) is 0 Å². The fourth-order valence-electron chi connectivity index (χ4n) is 1.12. The normalized spacial score (nSPS) is 12.8. The Morgan fingerprint density at radius 3 is 2.92 bits per heavy atom. The van der Waals surface area contributed by atoms with Gasteiger partial charge in [-0.15, -0.1) is 11.3 Å². The molecule has 0 spiro atoms. The molecule has 1 atom stereocenters. The molecule has 0 aliphatic heterocycles. The molecule has 0 aliphatic rings. The first-order chi connectivity index (χ1) is 5.74. The lowest BCUT2D eigenvalue weighted by Gasteiger charge is -2.11. The molecule has 0 saturated carbocycles. The highest BCUT2D eigenvalue weighted by Gasteiger charge is 2.11. The average molecular weight is 183 g/mol. The van der Waals surface area contributed by atoms with Crippen molar-refractivity contribution >= 4 is 17.1 Å². The van der Waals surface area contributed by atoms with Crippen molar-refractivity contribution in [2.45, 2.75) is 19.4 Å². The first-order valence-corrected chi connectivity index (χ1v) is 4.82. The molecule has 1 heterocycles. The lowest BCUT2D eigenvalue weighted by Crippen LogP contribution is -2.17. The first-order valence-electron chi connectivity index (χ1n) is 3.94. The maximum Gasteiger partial charge on any atom is 0.131 e. The van der Waals surface area contributed by atoms with E-state index in [9.17, 15) is 4.79 Å². The minimum absolute atomic E-state index is 0.197. The van der Waals surface area contributed by atoms with E-state index < -0.39 is 0 Å². The fraction of sp³-hybridized carbons (Fsp3) is 0.444. The molecule has 1 aromatic rings. The van der Waals surface area contributed by atoms with Crippen LogP contribution in [0.15, 0.2) is 17.5 Å². The third-order valence-corrected chi connectivity index (χ3v) is 2.71. The van der Waals surface area contributed by atoms with Gasteiger partial charge in [-0.25, -0.2) is 0 Å². The van der Waals surface area contributed by atoms with E-state index in [1.807, 2.05) is 18.5 Å². The van der Waals surface area contributed by atoms with Crippen molar-refractivity contribution in [3.8, 4) is 0 Å². The van der Waals surface area contributed by atoms with Gasteiger partial charge in [-0.1, -0.05) is 6.07 Å². The van der Waals surface area contributed by atoms with Gasteiger partial charge in [0, 0.05) is 17.3 Å². The molecular weight excluding hydrogens is 170 g/mol. The molecule has 0 radical (unpaired) electrons. The van der Waals surface area contributed by atoms with Gasteiger partial charge in [-0.05, 0) is 25.4 Å². The highest BCUT2D eigenvalue weighted by Crippen LogP contribution is 2.21. The Balaban J connectivity index is 2.63. The number of hydrogen-bond donors (Lipinski definition) is 1. The largest absolute Gasteiger partial charge is 0.312 e. The van der Waals surface area contributed by atoms with Crippen LogP contribution >= 0.6 is 11.3 Å². The second-order valence-electron chi connectivity index (χ2n) is 2.76. The van der Waals surface area contributed by atoms with Crippen molar-refractivity contribution in [2.75, 3.05) is 7.05 Å². The summed E-state index contributed by atoms with van der Waals surface area (Å²) >= 11 is 1.68. The summed E-state index contributed by atoms with van der Waals surface area (Å²) in [6.45, 7) is 1.62. The summed E-state index contributed by atoms with van der Waals surface area (Å²) in [6.07, 6.45) is 0.580. The molecule has 2 nitrogen and oxygen atoms in total. The second-order valence-corrected chi connectivity index (χ2v) is 3.74. The van der Waals surface area contributed by atoms with Gasteiger partial charge in [0.05, 0.1) is 0 Å². The molecule has 0 saturated heterocycles. The Hall–Kier alpha value is -0.670. The fourth-order valence-corrected chi connectivity index (χ4v) is 1.96. The Morgan fingerprint density at radius 1 is 1.75 bits per heavy atom. The predicted molar refractivity (Wildman–Crippen MR) is 51.4 cm³/mol. The molecule has 0 aliphatic carbocycles. The monoisotopic (exact) mass is 183 g/mol. The van der Waals surface area contributed by atoms with Crippen LogP contribution in [-0.4, -0.2) is 12.8 Å². The van der Waals surface area contributed by atoms with E-state index in [0.717, 1.165) is 0 Å². The number of ketones is 1. The Kier molecular flexibility index (Phi) is 3.44. The van der Waals surface area contributed by atoms with Gasteiger partial charge in [-0.2, -0.15) is 0 Å². The second kappa shape index (κ2) is 4.38. The number of carbonyl (C=O) groups excluding carboxylic acids is 1. The highest BCUT2D eigenvalue weighted by atomic mass is 32.1. The summed E-state index contributed by atoms with van der Waals surface area (Å²) in [4.78, 5) is 12.1. The summed E-state index contributed by atoms with van der Waals surface area (Å²) in [5.74, 6) is 0.225. The summed E-state index contributed by atoms with van der Waals surface area (Å²) in [6, 6.07) is 4.25. The van der Waals surface area contributed by atoms with Crippen molar-refractivity contribution in [1.82, 2.24) is 5.32 Å². The number of nitrogens with one attached hydrogen (secondary N) is 1. The topological polar surface area (TPSA) is 29.1 Å². The zero-order valence-corrected chi connectivity index (χ0v) is 8.15. The van der Waals surface area contributed by atoms with Crippen LogP contribution in [0.1, 0.15) is 24.3 Å². The van der Waals surface area contributed by atoms with Crippen LogP contribution in [0, 0.1) is 0 Å². The third-order valence-electron chi connectivity index (χ3n) is 1.73. The number of hydrogen-bond acceptors (Lipinski definition) is 3. The number of rotatable bonds is 4. The predicted octanol–water partition coefficient (Wildman–Crippen LogP) is 1.99. The molecule has 12 heavy (non-hydrogen) atoms. The van der Waals surface area contributed by atoms with Crippen LogP contribution in [0.25, 0.3) is 0 Å². The van der Waals surface area contributed by atoms with E-state index in [0.29, 0.717) is 6.42 Å². The summed E-state index contributed by atoms with van der Waals surface area (Å²) in [7, 11) is 1.88. The molecular formula is C9H13NOS. The van der Waals surface area contributed by atoms with E-state index in [1.54, 1.807) is 18.3 Å². The van der Waals surface area contributed by atoms with E-state index in [-0.39, 0.29) is 11.8 Å². The smallest absolute Gasteiger partial charge is 0.131 e. The number of Topliss-reactive ketones (excluding diaryl/α,β-unsaturated/α-hetero) is 1. The van der Waals surface area contributed by atoms with Crippen LogP contribution in [0.4, 0.5) is 0 Å². The van der Waals surface area contributed by atoms with Crippen LogP contribution in [-0.2, 0) is 4.79 Å². The standard InChI is InChI=1S/C9H13NOS/c1-7(11)6-8(10-2)9-4-3-5-12-9/h3-5,8,10H,6H2,1-2H3. The van der Waals surface area contributed by atoms with Crippen LogP contribution in [0.3, 0.4) is 0 Å². The minimum atomic E-state index is 0.197. The van der Waals surface area contributed by atoms with Crippen LogP contribution in [0.5, 0.6) is 0 Å². The van der Waals surface area contributed by atoms with E-state index in [4.69, 9.17) is 0 Å². The Bertz CT molecular complexity index is 243. The molecule has 0 bridgehead atoms. The first kappa shape index (κ1) is 9.42. The maximum absolute atomic E-state index is 10.9. The maximum atomic E-state index is 10.9. The number of carbonyl (C=O) groups is 1. The van der Waals surface area contributed by atoms with Gasteiger partial charge in [0.15, 0.2) is 0 Å².